The van der Waals surface area contributed by atoms with Gasteiger partial charge in [-0.15, -0.1) is 0 Å². The van der Waals surface area contributed by atoms with Crippen molar-refractivity contribution < 1.29 is 13.5 Å². The van der Waals surface area contributed by atoms with Crippen LogP contribution in [0.2, 0.25) is 0 Å². The molecule has 0 radical (unpaired) electrons. The Bertz CT molecular complexity index is 806. The quantitative estimate of drug-likeness (QED) is 0.614. The smallest absolute Gasteiger partial charge is 0.257 e. The molecule has 0 aliphatic heterocycles. The summed E-state index contributed by atoms with van der Waals surface area (Å²) in [5.74, 6) is 0. The van der Waals surface area contributed by atoms with Crippen LogP contribution >= 0.6 is 0 Å². The second-order valence-electron chi connectivity index (χ2n) is 5.95. The molecule has 0 unspecified atom stereocenters. The number of nitrogens with zero attached hydrogens (tertiary/aromatic N) is 2. The second-order valence-corrected chi connectivity index (χ2v) is 5.95. The average Bonchev–Trinajstić information content (AvgIpc) is 3.08. The molecule has 3 rings (SSSR count). The number of rotatable bonds is 9. The van der Waals surface area contributed by atoms with Gasteiger partial charge >= 0.3 is 0 Å². The fraction of sp³-hybridized carbons (Fsp3) is 0.250. The van der Waals surface area contributed by atoms with Crippen LogP contribution in [0.15, 0.2) is 66.9 Å². The summed E-state index contributed by atoms with van der Waals surface area (Å²) < 4.78 is 31.7. The lowest BCUT2D eigenvalue weighted by Crippen LogP contribution is -2.08. The van der Waals surface area contributed by atoms with E-state index in [-0.39, 0.29) is 6.54 Å². The van der Waals surface area contributed by atoms with Crippen molar-refractivity contribution in [3.63, 3.8) is 0 Å². The van der Waals surface area contributed by atoms with Gasteiger partial charge in [-0.3, -0.25) is 4.68 Å². The molecule has 0 aliphatic rings. The fourth-order valence-corrected chi connectivity index (χ4v) is 2.57. The first kappa shape index (κ1) is 18.1. The standard InChI is InChI=1S/C20H21F2N3O/c21-20(22)13-25-10-9-19(24-25)12-23-18-8-4-7-17(11-18)15-26-14-16-5-2-1-3-6-16/h1-11,20,23H,12-15H2. The van der Waals surface area contributed by atoms with E-state index in [9.17, 15) is 8.78 Å². The maximum Gasteiger partial charge on any atom is 0.257 e. The van der Waals surface area contributed by atoms with Crippen molar-refractivity contribution in [2.45, 2.75) is 32.7 Å². The molecular weight excluding hydrogens is 336 g/mol. The maximum absolute atomic E-state index is 12.3. The first-order valence-corrected chi connectivity index (χ1v) is 8.44. The van der Waals surface area contributed by atoms with Crippen molar-refractivity contribution in [2.24, 2.45) is 0 Å². The largest absolute Gasteiger partial charge is 0.379 e. The van der Waals surface area contributed by atoms with E-state index in [1.165, 1.54) is 4.68 Å². The molecule has 0 saturated heterocycles. The predicted octanol–water partition coefficient (Wildman–Crippen LogP) is 4.48. The van der Waals surface area contributed by atoms with E-state index in [2.05, 4.69) is 10.4 Å². The van der Waals surface area contributed by atoms with Gasteiger partial charge in [-0.2, -0.15) is 5.10 Å². The Balaban J connectivity index is 1.48. The van der Waals surface area contributed by atoms with Crippen LogP contribution in [-0.4, -0.2) is 16.2 Å². The number of hydrogen-bond donors (Lipinski definition) is 1. The average molecular weight is 357 g/mol. The van der Waals surface area contributed by atoms with Gasteiger partial charge in [-0.05, 0) is 29.3 Å². The third-order valence-electron chi connectivity index (χ3n) is 3.80. The van der Waals surface area contributed by atoms with Crippen LogP contribution in [0.25, 0.3) is 0 Å². The van der Waals surface area contributed by atoms with Gasteiger partial charge in [-0.25, -0.2) is 8.78 Å². The number of halogens is 2. The maximum atomic E-state index is 12.3. The van der Waals surface area contributed by atoms with Crippen LogP contribution in [0.3, 0.4) is 0 Å². The number of aromatic nitrogens is 2. The third kappa shape index (κ3) is 5.67. The zero-order chi connectivity index (χ0) is 18.2. The molecule has 136 valence electrons. The van der Waals surface area contributed by atoms with Crippen LogP contribution in [0.5, 0.6) is 0 Å². The molecule has 0 amide bonds. The normalized spacial score (nSPS) is 11.0. The van der Waals surface area contributed by atoms with E-state index in [1.807, 2.05) is 54.6 Å². The molecular formula is C20H21F2N3O. The van der Waals surface area contributed by atoms with Crippen LogP contribution < -0.4 is 5.32 Å². The summed E-state index contributed by atoms with van der Waals surface area (Å²) in [7, 11) is 0. The molecule has 0 saturated carbocycles. The van der Waals surface area contributed by atoms with Crippen molar-refractivity contribution in [3.05, 3.63) is 83.7 Å². The number of ether oxygens (including phenoxy) is 1. The Morgan fingerprint density at radius 1 is 0.962 bits per heavy atom. The summed E-state index contributed by atoms with van der Waals surface area (Å²) >= 11 is 0. The number of nitrogens with one attached hydrogen (secondary N) is 1. The molecule has 26 heavy (non-hydrogen) atoms. The minimum absolute atomic E-state index is 0.381. The topological polar surface area (TPSA) is 39.1 Å². The van der Waals surface area contributed by atoms with Gasteiger partial charge in [0, 0.05) is 11.9 Å². The van der Waals surface area contributed by atoms with Gasteiger partial charge in [-0.1, -0.05) is 42.5 Å². The summed E-state index contributed by atoms with van der Waals surface area (Å²) in [5.41, 5.74) is 3.86. The molecule has 1 heterocycles. The molecule has 2 aromatic carbocycles. The summed E-state index contributed by atoms with van der Waals surface area (Å²) in [6, 6.07) is 19.7. The molecule has 1 N–H and O–H groups in total. The lowest BCUT2D eigenvalue weighted by molar-refractivity contribution is 0.107. The van der Waals surface area contributed by atoms with Crippen molar-refractivity contribution >= 4 is 5.69 Å². The predicted molar refractivity (Wildman–Crippen MR) is 96.9 cm³/mol. The van der Waals surface area contributed by atoms with Crippen LogP contribution in [0.1, 0.15) is 16.8 Å². The molecule has 1 aromatic heterocycles. The zero-order valence-corrected chi connectivity index (χ0v) is 14.3. The zero-order valence-electron chi connectivity index (χ0n) is 14.3. The third-order valence-corrected chi connectivity index (χ3v) is 3.80. The number of hydrogen-bond acceptors (Lipinski definition) is 3. The first-order valence-electron chi connectivity index (χ1n) is 8.44. The Morgan fingerprint density at radius 3 is 2.54 bits per heavy atom. The van der Waals surface area contributed by atoms with E-state index >= 15 is 0 Å². The van der Waals surface area contributed by atoms with Gasteiger partial charge in [0.05, 0.1) is 25.5 Å². The van der Waals surface area contributed by atoms with E-state index in [0.29, 0.717) is 19.8 Å². The molecule has 0 bridgehead atoms. The molecule has 0 aliphatic carbocycles. The van der Waals surface area contributed by atoms with Gasteiger partial charge in [0.25, 0.3) is 6.43 Å². The lowest BCUT2D eigenvalue weighted by Gasteiger charge is -2.08. The van der Waals surface area contributed by atoms with Gasteiger partial charge in [0.1, 0.15) is 6.54 Å². The Morgan fingerprint density at radius 2 is 1.73 bits per heavy atom. The number of anilines is 1. The highest BCUT2D eigenvalue weighted by Crippen LogP contribution is 2.14. The van der Waals surface area contributed by atoms with Crippen molar-refractivity contribution in [2.75, 3.05) is 5.32 Å². The Kier molecular flexibility index (Phi) is 6.33. The number of benzene rings is 2. The van der Waals surface area contributed by atoms with E-state index in [0.717, 1.165) is 22.5 Å². The van der Waals surface area contributed by atoms with E-state index in [1.54, 1.807) is 12.3 Å². The monoisotopic (exact) mass is 357 g/mol. The fourth-order valence-electron chi connectivity index (χ4n) is 2.57. The Hall–Kier alpha value is -2.73. The minimum Gasteiger partial charge on any atom is -0.379 e. The highest BCUT2D eigenvalue weighted by molar-refractivity contribution is 5.45. The summed E-state index contributed by atoms with van der Waals surface area (Å²) in [4.78, 5) is 0. The summed E-state index contributed by atoms with van der Waals surface area (Å²) in [5, 5.41) is 7.38. The second kappa shape index (κ2) is 9.10. The molecule has 6 heteroatoms. The van der Waals surface area contributed by atoms with Gasteiger partial charge in [0.2, 0.25) is 0 Å². The van der Waals surface area contributed by atoms with E-state index < -0.39 is 6.43 Å². The first-order chi connectivity index (χ1) is 12.7. The highest BCUT2D eigenvalue weighted by atomic mass is 19.3. The molecule has 0 atom stereocenters. The number of alkyl halides is 2. The van der Waals surface area contributed by atoms with Crippen LogP contribution in [-0.2, 0) is 31.0 Å². The highest BCUT2D eigenvalue weighted by Gasteiger charge is 2.06. The van der Waals surface area contributed by atoms with Crippen molar-refractivity contribution in [1.82, 2.24) is 9.78 Å². The summed E-state index contributed by atoms with van der Waals surface area (Å²) in [6.45, 7) is 1.19. The minimum atomic E-state index is -2.40. The van der Waals surface area contributed by atoms with Gasteiger partial charge < -0.3 is 10.1 Å². The molecule has 4 nitrogen and oxygen atoms in total. The molecule has 0 spiro atoms. The van der Waals surface area contributed by atoms with Crippen molar-refractivity contribution in [3.8, 4) is 0 Å². The Labute approximate surface area is 151 Å². The molecule has 3 aromatic rings. The van der Waals surface area contributed by atoms with E-state index in [4.69, 9.17) is 4.74 Å². The van der Waals surface area contributed by atoms with Crippen LogP contribution in [0.4, 0.5) is 14.5 Å². The summed E-state index contributed by atoms with van der Waals surface area (Å²) in [6.07, 6.45) is -0.833. The van der Waals surface area contributed by atoms with Crippen molar-refractivity contribution in [1.29, 1.82) is 0 Å². The van der Waals surface area contributed by atoms with Gasteiger partial charge in [0.15, 0.2) is 0 Å². The lowest BCUT2D eigenvalue weighted by atomic mass is 10.2. The molecule has 0 fully saturated rings. The SMILES string of the molecule is FC(F)Cn1ccc(CNc2cccc(COCc3ccccc3)c2)n1. The van der Waals surface area contributed by atoms with Crippen LogP contribution in [0, 0.1) is 0 Å².